The van der Waals surface area contributed by atoms with Gasteiger partial charge in [-0.25, -0.2) is 5.43 Å². The van der Waals surface area contributed by atoms with Crippen molar-refractivity contribution in [2.24, 2.45) is 5.10 Å². The number of allylic oxidation sites excluding steroid dienone is 1. The lowest BCUT2D eigenvalue weighted by Crippen LogP contribution is -2.17. The summed E-state index contributed by atoms with van der Waals surface area (Å²) in [5, 5.41) is 14.0. The maximum atomic E-state index is 12.0. The zero-order chi connectivity index (χ0) is 18.2. The molecular weight excluding hydrogens is 320 g/mol. The highest BCUT2D eigenvalue weighted by atomic mass is 16.5. The van der Waals surface area contributed by atoms with Crippen LogP contribution in [-0.4, -0.2) is 31.4 Å². The van der Waals surface area contributed by atoms with Crippen LogP contribution in [0.3, 0.4) is 0 Å². The molecule has 6 nitrogen and oxygen atoms in total. The molecule has 25 heavy (non-hydrogen) atoms. The summed E-state index contributed by atoms with van der Waals surface area (Å²) < 4.78 is 10.2. The van der Waals surface area contributed by atoms with E-state index in [0.29, 0.717) is 34.6 Å². The van der Waals surface area contributed by atoms with Crippen LogP contribution in [-0.2, 0) is 6.42 Å². The summed E-state index contributed by atoms with van der Waals surface area (Å²) in [6.45, 7) is 3.66. The summed E-state index contributed by atoms with van der Waals surface area (Å²) in [5.74, 6) is 0.742. The van der Waals surface area contributed by atoms with Gasteiger partial charge in [-0.2, -0.15) is 5.10 Å². The quantitative estimate of drug-likeness (QED) is 0.461. The Bertz CT molecular complexity index is 783. The number of nitrogens with one attached hydrogen (secondary N) is 1. The Morgan fingerprint density at radius 3 is 2.56 bits per heavy atom. The van der Waals surface area contributed by atoms with E-state index in [9.17, 15) is 9.90 Å². The van der Waals surface area contributed by atoms with E-state index in [-0.39, 0.29) is 11.7 Å². The molecule has 0 aliphatic heterocycles. The summed E-state index contributed by atoms with van der Waals surface area (Å²) in [7, 11) is 3.03. The van der Waals surface area contributed by atoms with E-state index in [1.807, 2.05) is 0 Å². The highest BCUT2D eigenvalue weighted by Gasteiger charge is 2.09. The van der Waals surface area contributed by atoms with Crippen molar-refractivity contribution in [1.82, 2.24) is 5.43 Å². The van der Waals surface area contributed by atoms with Crippen LogP contribution in [0.2, 0.25) is 0 Å². The minimum atomic E-state index is -0.337. The normalized spacial score (nSPS) is 10.5. The molecule has 2 aromatic rings. The Morgan fingerprint density at radius 1 is 1.24 bits per heavy atom. The van der Waals surface area contributed by atoms with Gasteiger partial charge in [0.1, 0.15) is 5.75 Å². The number of amides is 1. The Morgan fingerprint density at radius 2 is 1.96 bits per heavy atom. The molecule has 0 bridgehead atoms. The second-order valence-corrected chi connectivity index (χ2v) is 5.15. The van der Waals surface area contributed by atoms with Crippen molar-refractivity contribution in [1.29, 1.82) is 0 Å². The van der Waals surface area contributed by atoms with Crippen molar-refractivity contribution in [3.05, 3.63) is 65.7 Å². The summed E-state index contributed by atoms with van der Waals surface area (Å²) in [4.78, 5) is 12.0. The molecule has 0 unspecified atom stereocenters. The van der Waals surface area contributed by atoms with Crippen molar-refractivity contribution < 1.29 is 19.4 Å². The fourth-order valence-corrected chi connectivity index (χ4v) is 2.20. The second-order valence-electron chi connectivity index (χ2n) is 5.15. The number of hydrogen-bond acceptors (Lipinski definition) is 5. The first-order chi connectivity index (χ1) is 12.1. The molecule has 0 saturated heterocycles. The minimum Gasteiger partial charge on any atom is -0.504 e. The number of phenols is 1. The van der Waals surface area contributed by atoms with Crippen molar-refractivity contribution in [2.75, 3.05) is 14.2 Å². The molecule has 0 heterocycles. The molecule has 0 fully saturated rings. The highest BCUT2D eigenvalue weighted by molar-refractivity contribution is 5.95. The van der Waals surface area contributed by atoms with Gasteiger partial charge in [-0.15, -0.1) is 6.58 Å². The molecule has 0 spiro atoms. The number of ether oxygens (including phenoxy) is 2. The van der Waals surface area contributed by atoms with Crippen molar-refractivity contribution >= 4 is 12.1 Å². The van der Waals surface area contributed by atoms with E-state index in [1.54, 1.807) is 49.6 Å². The van der Waals surface area contributed by atoms with Crippen molar-refractivity contribution in [3.8, 4) is 17.2 Å². The second kappa shape index (κ2) is 8.54. The third-order valence-corrected chi connectivity index (χ3v) is 3.49. The fraction of sp³-hybridized carbons (Fsp3) is 0.158. The number of phenolic OH excluding ortho intramolecular Hbond substituents is 1. The molecule has 0 aromatic heterocycles. The van der Waals surface area contributed by atoms with Gasteiger partial charge in [0.15, 0.2) is 11.5 Å². The van der Waals surface area contributed by atoms with Crippen LogP contribution in [0.1, 0.15) is 21.5 Å². The molecule has 2 N–H and O–H groups in total. The van der Waals surface area contributed by atoms with Gasteiger partial charge in [-0.3, -0.25) is 4.79 Å². The summed E-state index contributed by atoms with van der Waals surface area (Å²) in [6, 6.07) is 10.1. The van der Waals surface area contributed by atoms with Gasteiger partial charge >= 0.3 is 0 Å². The number of hydrogen-bond donors (Lipinski definition) is 2. The van der Waals surface area contributed by atoms with Gasteiger partial charge in [0.25, 0.3) is 5.91 Å². The zero-order valence-electron chi connectivity index (χ0n) is 14.2. The van der Waals surface area contributed by atoms with Gasteiger partial charge in [0, 0.05) is 11.1 Å². The van der Waals surface area contributed by atoms with E-state index >= 15 is 0 Å². The summed E-state index contributed by atoms with van der Waals surface area (Å²) in [5.41, 5.74) is 4.27. The van der Waals surface area contributed by atoms with Crippen LogP contribution < -0.4 is 14.9 Å². The molecule has 6 heteroatoms. The Kier molecular flexibility index (Phi) is 6.17. The van der Waals surface area contributed by atoms with E-state index < -0.39 is 0 Å². The van der Waals surface area contributed by atoms with Crippen molar-refractivity contribution in [2.45, 2.75) is 6.42 Å². The first-order valence-electron chi connectivity index (χ1n) is 7.57. The van der Waals surface area contributed by atoms with Crippen LogP contribution in [0.25, 0.3) is 0 Å². The number of hydrazone groups is 1. The number of carbonyl (C=O) groups is 1. The lowest BCUT2D eigenvalue weighted by molar-refractivity contribution is 0.0955. The smallest absolute Gasteiger partial charge is 0.271 e. The van der Waals surface area contributed by atoms with Gasteiger partial charge in [-0.1, -0.05) is 6.08 Å². The van der Waals surface area contributed by atoms with Crippen LogP contribution in [0.5, 0.6) is 17.2 Å². The van der Waals surface area contributed by atoms with Gasteiger partial charge in [-0.05, 0) is 48.4 Å². The lowest BCUT2D eigenvalue weighted by atomic mass is 10.1. The maximum absolute atomic E-state index is 12.0. The number of benzene rings is 2. The summed E-state index contributed by atoms with van der Waals surface area (Å²) >= 11 is 0. The largest absolute Gasteiger partial charge is 0.504 e. The number of carbonyl (C=O) groups excluding carboxylic acids is 1. The Hall–Kier alpha value is -3.28. The first-order valence-corrected chi connectivity index (χ1v) is 7.57. The van der Waals surface area contributed by atoms with E-state index in [4.69, 9.17) is 9.47 Å². The molecule has 130 valence electrons. The van der Waals surface area contributed by atoms with E-state index in [1.165, 1.54) is 13.3 Å². The number of rotatable bonds is 7. The van der Waals surface area contributed by atoms with Gasteiger partial charge < -0.3 is 14.6 Å². The molecule has 2 aromatic carbocycles. The fourth-order valence-electron chi connectivity index (χ4n) is 2.20. The lowest BCUT2D eigenvalue weighted by Gasteiger charge is -2.09. The Balaban J connectivity index is 2.11. The Labute approximate surface area is 146 Å². The topological polar surface area (TPSA) is 80.2 Å². The molecule has 0 aliphatic rings. The standard InChI is InChI=1S/C19H20N2O4/c1-4-5-15-10-13(11-17(25-3)18(15)22)12-20-21-19(23)14-6-8-16(24-2)9-7-14/h4,6-12,22H,1,5H2,2-3H3,(H,21,23)/b20-12+. The van der Waals surface area contributed by atoms with Crippen LogP contribution in [0, 0.1) is 0 Å². The van der Waals surface area contributed by atoms with Crippen LogP contribution in [0.15, 0.2) is 54.2 Å². The minimum absolute atomic E-state index is 0.0711. The van der Waals surface area contributed by atoms with Gasteiger partial charge in [0.2, 0.25) is 0 Å². The molecule has 0 radical (unpaired) electrons. The maximum Gasteiger partial charge on any atom is 0.271 e. The molecule has 0 aliphatic carbocycles. The highest BCUT2D eigenvalue weighted by Crippen LogP contribution is 2.31. The van der Waals surface area contributed by atoms with Gasteiger partial charge in [0.05, 0.1) is 20.4 Å². The summed E-state index contributed by atoms with van der Waals surface area (Å²) in [6.07, 6.45) is 3.65. The number of methoxy groups -OCH3 is 2. The molecule has 2 rings (SSSR count). The predicted molar refractivity (Wildman–Crippen MR) is 96.6 cm³/mol. The van der Waals surface area contributed by atoms with Crippen LogP contribution in [0.4, 0.5) is 0 Å². The average molecular weight is 340 g/mol. The third kappa shape index (κ3) is 4.60. The third-order valence-electron chi connectivity index (χ3n) is 3.49. The molecule has 0 atom stereocenters. The monoisotopic (exact) mass is 340 g/mol. The SMILES string of the molecule is C=CCc1cc(/C=N/NC(=O)c2ccc(OC)cc2)cc(OC)c1O. The van der Waals surface area contributed by atoms with Crippen LogP contribution >= 0.6 is 0 Å². The zero-order valence-corrected chi connectivity index (χ0v) is 14.2. The number of nitrogens with zero attached hydrogens (tertiary/aromatic N) is 1. The predicted octanol–water partition coefficient (Wildman–Crippen LogP) is 2.90. The molecule has 0 saturated carbocycles. The molecular formula is C19H20N2O4. The van der Waals surface area contributed by atoms with E-state index in [0.717, 1.165) is 0 Å². The first kappa shape index (κ1) is 18.1. The molecule has 1 amide bonds. The average Bonchev–Trinajstić information content (AvgIpc) is 2.64. The van der Waals surface area contributed by atoms with E-state index in [2.05, 4.69) is 17.1 Å². The van der Waals surface area contributed by atoms with Crippen molar-refractivity contribution in [3.63, 3.8) is 0 Å². The number of aromatic hydroxyl groups is 1.